The van der Waals surface area contributed by atoms with Gasteiger partial charge in [0.1, 0.15) is 11.6 Å². The van der Waals surface area contributed by atoms with Crippen molar-refractivity contribution in [2.75, 3.05) is 11.9 Å². The van der Waals surface area contributed by atoms with Crippen LogP contribution in [0.1, 0.15) is 33.6 Å². The summed E-state index contributed by atoms with van der Waals surface area (Å²) in [5.41, 5.74) is 2.54. The molecule has 0 radical (unpaired) electrons. The molecule has 0 unspecified atom stereocenters. The molecule has 2 aromatic heterocycles. The number of nitro benzene ring substituents is 1. The summed E-state index contributed by atoms with van der Waals surface area (Å²) in [7, 11) is 0. The number of nitrogens with one attached hydrogen (secondary N) is 1. The Morgan fingerprint density at radius 1 is 1.06 bits per heavy atom. The maximum absolute atomic E-state index is 13.1. The molecule has 0 fully saturated rings. The molecule has 1 N–H and O–H groups in total. The summed E-state index contributed by atoms with van der Waals surface area (Å²) < 4.78 is 21.1. The maximum Gasteiger partial charge on any atom is 0.291 e. The largest absolute Gasteiger partial charge is 0.455 e. The molecule has 0 saturated carbocycles. The highest BCUT2D eigenvalue weighted by atomic mass is 19.1. The average Bonchev–Trinajstić information content (AvgIpc) is 3.50. The highest BCUT2D eigenvalue weighted by molar-refractivity contribution is 6.02. The van der Waals surface area contributed by atoms with Gasteiger partial charge in [-0.25, -0.2) is 4.39 Å². The second-order valence-corrected chi connectivity index (χ2v) is 8.08. The number of fused-ring (bicyclic) bond motifs is 1. The van der Waals surface area contributed by atoms with Crippen LogP contribution in [0.5, 0.6) is 0 Å². The molecule has 2 aromatic carbocycles. The van der Waals surface area contributed by atoms with E-state index in [2.05, 4.69) is 14.8 Å². The second-order valence-electron chi connectivity index (χ2n) is 8.08. The molecule has 5 rings (SSSR count). The molecule has 9 heteroatoms. The van der Waals surface area contributed by atoms with Crippen molar-refractivity contribution in [2.24, 2.45) is 0 Å². The lowest BCUT2D eigenvalue weighted by atomic mass is 9.99. The van der Waals surface area contributed by atoms with E-state index >= 15 is 0 Å². The van der Waals surface area contributed by atoms with Gasteiger partial charge >= 0.3 is 0 Å². The van der Waals surface area contributed by atoms with Crippen molar-refractivity contribution in [2.45, 2.75) is 19.1 Å². The van der Waals surface area contributed by atoms with Gasteiger partial charge < -0.3 is 14.3 Å². The normalized spacial score (nSPS) is 15.6. The lowest BCUT2D eigenvalue weighted by Crippen LogP contribution is -2.37. The minimum atomic E-state index is -0.419. The third-order valence-corrected chi connectivity index (χ3v) is 5.90. The van der Waals surface area contributed by atoms with Gasteiger partial charge in [-0.3, -0.25) is 19.8 Å². The molecule has 4 aromatic rings. The lowest BCUT2D eigenvalue weighted by Gasteiger charge is -2.36. The van der Waals surface area contributed by atoms with Crippen molar-refractivity contribution in [1.29, 1.82) is 0 Å². The van der Waals surface area contributed by atoms with E-state index in [-0.39, 0.29) is 23.3 Å². The van der Waals surface area contributed by atoms with E-state index in [0.29, 0.717) is 18.0 Å². The molecule has 1 amide bonds. The zero-order valence-corrected chi connectivity index (χ0v) is 18.1. The SMILES string of the molecule is O=C(Nc1ccc(F)cc1)c1ccc(CN2CCn3cccc3[C@H]2c2ccc([N+](=O)[O-])cc2)o1. The van der Waals surface area contributed by atoms with E-state index in [0.717, 1.165) is 24.3 Å². The van der Waals surface area contributed by atoms with Gasteiger partial charge in [0.25, 0.3) is 11.6 Å². The zero-order valence-electron chi connectivity index (χ0n) is 18.1. The molecule has 0 aliphatic carbocycles. The first-order chi connectivity index (χ1) is 16.5. The number of rotatable bonds is 6. The fourth-order valence-corrected chi connectivity index (χ4v) is 4.27. The van der Waals surface area contributed by atoms with E-state index in [9.17, 15) is 19.3 Å². The molecule has 172 valence electrons. The summed E-state index contributed by atoms with van der Waals surface area (Å²) >= 11 is 0. The Hall–Kier alpha value is -4.24. The fourth-order valence-electron chi connectivity index (χ4n) is 4.27. The minimum Gasteiger partial charge on any atom is -0.455 e. The summed E-state index contributed by atoms with van der Waals surface area (Å²) in [4.78, 5) is 25.4. The number of nitrogens with zero attached hydrogens (tertiary/aromatic N) is 3. The monoisotopic (exact) mass is 460 g/mol. The van der Waals surface area contributed by atoms with Crippen molar-refractivity contribution >= 4 is 17.3 Å². The molecule has 1 aliphatic heterocycles. The Balaban J connectivity index is 1.35. The standard InChI is InChI=1S/C25H21FN4O4/c26-18-5-7-19(8-6-18)27-25(31)23-12-11-21(34-23)16-29-15-14-28-13-1-2-22(28)24(29)17-3-9-20(10-4-17)30(32)33/h1-13,24H,14-16H2,(H,27,31)/t24-/m1/s1. The molecule has 1 aliphatic rings. The molecule has 0 spiro atoms. The second kappa shape index (κ2) is 8.95. The van der Waals surface area contributed by atoms with Crippen LogP contribution in [0.15, 0.2) is 83.4 Å². The van der Waals surface area contributed by atoms with Crippen LogP contribution in [0.4, 0.5) is 15.8 Å². The Morgan fingerprint density at radius 3 is 2.56 bits per heavy atom. The number of hydrogen-bond acceptors (Lipinski definition) is 5. The van der Waals surface area contributed by atoms with Crippen molar-refractivity contribution < 1.29 is 18.5 Å². The lowest BCUT2D eigenvalue weighted by molar-refractivity contribution is -0.384. The summed E-state index contributed by atoms with van der Waals surface area (Å²) in [6.45, 7) is 1.99. The number of benzene rings is 2. The number of furan rings is 1. The first kappa shape index (κ1) is 21.6. The van der Waals surface area contributed by atoms with Crippen LogP contribution < -0.4 is 5.32 Å². The Bertz CT molecular complexity index is 1330. The van der Waals surface area contributed by atoms with Crippen LogP contribution in [0.3, 0.4) is 0 Å². The average molecular weight is 460 g/mol. The predicted octanol–water partition coefficient (Wildman–Crippen LogP) is 4.99. The first-order valence-electron chi connectivity index (χ1n) is 10.8. The van der Waals surface area contributed by atoms with Gasteiger partial charge in [-0.05, 0) is 54.1 Å². The molecule has 0 saturated heterocycles. The van der Waals surface area contributed by atoms with Crippen molar-refractivity contribution in [3.8, 4) is 0 Å². The van der Waals surface area contributed by atoms with Crippen LogP contribution in [-0.2, 0) is 13.1 Å². The van der Waals surface area contributed by atoms with Gasteiger partial charge in [0.15, 0.2) is 5.76 Å². The van der Waals surface area contributed by atoms with Gasteiger partial charge in [-0.2, -0.15) is 0 Å². The number of halogens is 1. The molecule has 1 atom stereocenters. The quantitative estimate of drug-likeness (QED) is 0.323. The Kier molecular flexibility index (Phi) is 5.69. The third-order valence-electron chi connectivity index (χ3n) is 5.90. The van der Waals surface area contributed by atoms with Crippen LogP contribution >= 0.6 is 0 Å². The minimum absolute atomic E-state index is 0.0457. The van der Waals surface area contributed by atoms with Crippen LogP contribution in [0.25, 0.3) is 0 Å². The Morgan fingerprint density at radius 2 is 1.82 bits per heavy atom. The van der Waals surface area contributed by atoms with Crippen molar-refractivity contribution in [1.82, 2.24) is 9.47 Å². The van der Waals surface area contributed by atoms with E-state index in [1.54, 1.807) is 24.3 Å². The number of non-ortho nitro benzene ring substituents is 1. The van der Waals surface area contributed by atoms with Gasteiger partial charge in [0.2, 0.25) is 0 Å². The van der Waals surface area contributed by atoms with Crippen molar-refractivity contribution in [3.63, 3.8) is 0 Å². The number of nitro groups is 1. The van der Waals surface area contributed by atoms with E-state index in [1.165, 1.54) is 36.4 Å². The predicted molar refractivity (Wildman–Crippen MR) is 123 cm³/mol. The summed E-state index contributed by atoms with van der Waals surface area (Å²) in [5, 5.41) is 13.8. The maximum atomic E-state index is 13.1. The number of carbonyl (C=O) groups excluding carboxylic acids is 1. The van der Waals surface area contributed by atoms with Crippen LogP contribution in [0, 0.1) is 15.9 Å². The molecular weight excluding hydrogens is 439 g/mol. The molecular formula is C25H21FN4O4. The Labute approximate surface area is 194 Å². The number of carbonyl (C=O) groups is 1. The van der Waals surface area contributed by atoms with Gasteiger partial charge in [0.05, 0.1) is 17.5 Å². The van der Waals surface area contributed by atoms with Crippen molar-refractivity contribution in [3.05, 3.63) is 118 Å². The van der Waals surface area contributed by atoms with E-state index < -0.39 is 10.8 Å². The van der Waals surface area contributed by atoms with E-state index in [4.69, 9.17) is 4.42 Å². The zero-order chi connectivity index (χ0) is 23.7. The molecule has 0 bridgehead atoms. The number of aromatic nitrogens is 1. The highest BCUT2D eigenvalue weighted by Crippen LogP contribution is 2.34. The smallest absolute Gasteiger partial charge is 0.291 e. The van der Waals surface area contributed by atoms with Gasteiger partial charge in [-0.15, -0.1) is 0 Å². The summed E-state index contributed by atoms with van der Waals surface area (Å²) in [6.07, 6.45) is 2.02. The van der Waals surface area contributed by atoms with Gasteiger partial charge in [-0.1, -0.05) is 12.1 Å². The van der Waals surface area contributed by atoms with Gasteiger partial charge in [0, 0.05) is 42.8 Å². The highest BCUT2D eigenvalue weighted by Gasteiger charge is 2.30. The topological polar surface area (TPSA) is 93.5 Å². The first-order valence-corrected chi connectivity index (χ1v) is 10.8. The number of hydrogen-bond donors (Lipinski definition) is 1. The summed E-state index contributed by atoms with van der Waals surface area (Å²) in [6, 6.07) is 19.4. The number of amides is 1. The molecule has 8 nitrogen and oxygen atoms in total. The fraction of sp³-hybridized carbons (Fsp3) is 0.160. The van der Waals surface area contributed by atoms with Crippen LogP contribution in [0.2, 0.25) is 0 Å². The molecule has 3 heterocycles. The summed E-state index contributed by atoms with van der Waals surface area (Å²) in [5.74, 6) is -0.0198. The number of anilines is 1. The van der Waals surface area contributed by atoms with Crippen LogP contribution in [-0.4, -0.2) is 26.8 Å². The third kappa shape index (κ3) is 4.33. The van der Waals surface area contributed by atoms with E-state index in [1.807, 2.05) is 18.3 Å². The molecule has 34 heavy (non-hydrogen) atoms.